The summed E-state index contributed by atoms with van der Waals surface area (Å²) in [7, 11) is 0. The van der Waals surface area contributed by atoms with Gasteiger partial charge >= 0.3 is 0 Å². The second kappa shape index (κ2) is 6.25. The molecule has 4 N–H and O–H groups in total. The second-order valence-corrected chi connectivity index (χ2v) is 3.90. The van der Waals surface area contributed by atoms with Crippen LogP contribution in [0.3, 0.4) is 0 Å². The van der Waals surface area contributed by atoms with Crippen LogP contribution in [-0.4, -0.2) is 23.8 Å². The van der Waals surface area contributed by atoms with Gasteiger partial charge in [-0.05, 0) is 12.0 Å². The molecule has 0 fully saturated rings. The molecule has 4 nitrogen and oxygen atoms in total. The van der Waals surface area contributed by atoms with E-state index in [1.165, 1.54) is 0 Å². The van der Waals surface area contributed by atoms with Gasteiger partial charge in [0, 0.05) is 5.92 Å². The average molecular weight is 222 g/mol. The highest BCUT2D eigenvalue weighted by molar-refractivity contribution is 5.78. The van der Waals surface area contributed by atoms with Crippen molar-refractivity contribution in [1.29, 1.82) is 0 Å². The van der Waals surface area contributed by atoms with Gasteiger partial charge in [0.15, 0.2) is 0 Å². The third kappa shape index (κ3) is 4.42. The smallest absolute Gasteiger partial charge is 0.223 e. The van der Waals surface area contributed by atoms with Crippen molar-refractivity contribution >= 4 is 5.91 Å². The summed E-state index contributed by atoms with van der Waals surface area (Å²) in [6.07, 6.45) is -0.305. The predicted molar refractivity (Wildman–Crippen MR) is 62.5 cm³/mol. The Morgan fingerprint density at radius 3 is 2.62 bits per heavy atom. The van der Waals surface area contributed by atoms with Gasteiger partial charge in [0.1, 0.15) is 6.23 Å². The summed E-state index contributed by atoms with van der Waals surface area (Å²) in [5.41, 5.74) is 6.26. The molecule has 4 heteroatoms. The predicted octanol–water partition coefficient (Wildman–Crippen LogP) is 0.259. The standard InChI is InChI=1S/C12H18N2O2/c1-9(12(16)14-8-11(13)15)7-10-5-3-2-4-6-10/h2-6,9,11,15H,7-8,13H2,1H3,(H,14,16). The summed E-state index contributed by atoms with van der Waals surface area (Å²) >= 11 is 0. The highest BCUT2D eigenvalue weighted by atomic mass is 16.3. The molecule has 1 aromatic rings. The largest absolute Gasteiger partial charge is 0.377 e. The fraction of sp³-hybridized carbons (Fsp3) is 0.417. The van der Waals surface area contributed by atoms with Crippen LogP contribution >= 0.6 is 0 Å². The van der Waals surface area contributed by atoms with Crippen molar-refractivity contribution in [1.82, 2.24) is 5.32 Å². The molecule has 0 aliphatic carbocycles. The molecule has 2 unspecified atom stereocenters. The number of hydrogen-bond acceptors (Lipinski definition) is 3. The fourth-order valence-electron chi connectivity index (χ4n) is 1.44. The molecule has 0 saturated carbocycles. The Morgan fingerprint density at radius 2 is 2.06 bits per heavy atom. The summed E-state index contributed by atoms with van der Waals surface area (Å²) in [6, 6.07) is 9.81. The van der Waals surface area contributed by atoms with Gasteiger partial charge in [-0.15, -0.1) is 0 Å². The zero-order valence-corrected chi connectivity index (χ0v) is 9.39. The first-order valence-corrected chi connectivity index (χ1v) is 5.35. The maximum atomic E-state index is 11.6. The molecule has 1 aromatic carbocycles. The van der Waals surface area contributed by atoms with Gasteiger partial charge in [-0.25, -0.2) is 0 Å². The van der Waals surface area contributed by atoms with Crippen molar-refractivity contribution in [3.05, 3.63) is 35.9 Å². The number of hydrogen-bond donors (Lipinski definition) is 3. The minimum absolute atomic E-state index is 0.0895. The minimum Gasteiger partial charge on any atom is -0.377 e. The summed E-state index contributed by atoms with van der Waals surface area (Å²) in [4.78, 5) is 11.6. The maximum absolute atomic E-state index is 11.6. The van der Waals surface area contributed by atoms with Crippen molar-refractivity contribution in [3.63, 3.8) is 0 Å². The van der Waals surface area contributed by atoms with E-state index in [0.717, 1.165) is 5.56 Å². The van der Waals surface area contributed by atoms with Gasteiger partial charge in [-0.2, -0.15) is 0 Å². The molecule has 0 spiro atoms. The summed E-state index contributed by atoms with van der Waals surface area (Å²) in [6.45, 7) is 1.95. The molecule has 1 rings (SSSR count). The van der Waals surface area contributed by atoms with Crippen LogP contribution in [0, 0.1) is 5.92 Å². The highest BCUT2D eigenvalue weighted by Crippen LogP contribution is 2.07. The van der Waals surface area contributed by atoms with Gasteiger partial charge in [0.05, 0.1) is 6.54 Å². The van der Waals surface area contributed by atoms with Crippen LogP contribution in [0.4, 0.5) is 0 Å². The van der Waals surface area contributed by atoms with E-state index >= 15 is 0 Å². The van der Waals surface area contributed by atoms with E-state index in [9.17, 15) is 4.79 Å². The molecule has 16 heavy (non-hydrogen) atoms. The zero-order chi connectivity index (χ0) is 12.0. The number of nitrogens with one attached hydrogen (secondary N) is 1. The molecule has 88 valence electrons. The van der Waals surface area contributed by atoms with Crippen LogP contribution in [0.2, 0.25) is 0 Å². The Bertz CT molecular complexity index is 325. The third-order valence-electron chi connectivity index (χ3n) is 2.32. The van der Waals surface area contributed by atoms with Gasteiger partial charge in [-0.3, -0.25) is 4.79 Å². The van der Waals surface area contributed by atoms with Gasteiger partial charge in [0.25, 0.3) is 0 Å². The lowest BCUT2D eigenvalue weighted by Crippen LogP contribution is -2.39. The van der Waals surface area contributed by atoms with Crippen molar-refractivity contribution in [2.75, 3.05) is 6.54 Å². The number of aliphatic hydroxyl groups is 1. The van der Waals surface area contributed by atoms with Crippen molar-refractivity contribution < 1.29 is 9.90 Å². The molecule has 0 saturated heterocycles. The normalized spacial score (nSPS) is 14.2. The molecule has 0 aliphatic rings. The van der Waals surface area contributed by atoms with E-state index in [0.29, 0.717) is 6.42 Å². The number of rotatable bonds is 5. The van der Waals surface area contributed by atoms with Crippen LogP contribution in [0.25, 0.3) is 0 Å². The molecule has 0 aliphatic heterocycles. The van der Waals surface area contributed by atoms with E-state index in [1.54, 1.807) is 0 Å². The first-order chi connectivity index (χ1) is 7.59. The molecule has 2 atom stereocenters. The highest BCUT2D eigenvalue weighted by Gasteiger charge is 2.13. The van der Waals surface area contributed by atoms with E-state index in [4.69, 9.17) is 10.8 Å². The lowest BCUT2D eigenvalue weighted by atomic mass is 10.0. The second-order valence-electron chi connectivity index (χ2n) is 3.90. The first-order valence-electron chi connectivity index (χ1n) is 5.35. The summed E-state index contributed by atoms with van der Waals surface area (Å²) < 4.78 is 0. The Labute approximate surface area is 95.5 Å². The van der Waals surface area contributed by atoms with E-state index in [2.05, 4.69) is 5.32 Å². The third-order valence-corrected chi connectivity index (χ3v) is 2.32. The molecular formula is C12H18N2O2. The Balaban J connectivity index is 2.40. The average Bonchev–Trinajstić information content (AvgIpc) is 2.27. The Kier molecular flexibility index (Phi) is 4.95. The minimum atomic E-state index is -0.993. The maximum Gasteiger partial charge on any atom is 0.223 e. The Morgan fingerprint density at radius 1 is 1.44 bits per heavy atom. The summed E-state index contributed by atoms with van der Waals surface area (Å²) in [5.74, 6) is -0.213. The number of amides is 1. The molecule has 0 bridgehead atoms. The fourth-order valence-corrected chi connectivity index (χ4v) is 1.44. The SMILES string of the molecule is CC(Cc1ccccc1)C(=O)NCC(N)O. The van der Waals surface area contributed by atoms with E-state index < -0.39 is 6.23 Å². The van der Waals surface area contributed by atoms with Crippen LogP contribution in [-0.2, 0) is 11.2 Å². The zero-order valence-electron chi connectivity index (χ0n) is 9.39. The molecular weight excluding hydrogens is 204 g/mol. The van der Waals surface area contributed by atoms with Crippen molar-refractivity contribution in [3.8, 4) is 0 Å². The number of aliphatic hydroxyl groups excluding tert-OH is 1. The lowest BCUT2D eigenvalue weighted by molar-refractivity contribution is -0.124. The molecule has 0 aromatic heterocycles. The van der Waals surface area contributed by atoms with Gasteiger partial charge < -0.3 is 16.2 Å². The van der Waals surface area contributed by atoms with Gasteiger partial charge in [-0.1, -0.05) is 37.3 Å². The topological polar surface area (TPSA) is 75.4 Å². The monoisotopic (exact) mass is 222 g/mol. The van der Waals surface area contributed by atoms with Gasteiger partial charge in [0.2, 0.25) is 5.91 Å². The summed E-state index contributed by atoms with van der Waals surface area (Å²) in [5, 5.41) is 11.4. The number of carbonyl (C=O) groups excluding carboxylic acids is 1. The van der Waals surface area contributed by atoms with Crippen LogP contribution in [0.5, 0.6) is 0 Å². The van der Waals surface area contributed by atoms with E-state index in [-0.39, 0.29) is 18.4 Å². The lowest BCUT2D eigenvalue weighted by Gasteiger charge is -2.13. The van der Waals surface area contributed by atoms with Crippen LogP contribution in [0.15, 0.2) is 30.3 Å². The molecule has 0 heterocycles. The van der Waals surface area contributed by atoms with Crippen LogP contribution in [0.1, 0.15) is 12.5 Å². The molecule has 0 radical (unpaired) electrons. The van der Waals surface area contributed by atoms with E-state index in [1.807, 2.05) is 37.3 Å². The molecule has 1 amide bonds. The number of carbonyl (C=O) groups is 1. The quantitative estimate of drug-likeness (QED) is 0.625. The van der Waals surface area contributed by atoms with Crippen molar-refractivity contribution in [2.24, 2.45) is 11.7 Å². The Hall–Kier alpha value is -1.39. The first kappa shape index (κ1) is 12.7. The van der Waals surface area contributed by atoms with Crippen molar-refractivity contribution in [2.45, 2.75) is 19.6 Å². The van der Waals surface area contributed by atoms with Crippen LogP contribution < -0.4 is 11.1 Å². The number of nitrogens with two attached hydrogens (primary N) is 1. The number of benzene rings is 1.